The largest absolute Gasteiger partial charge is 0.492 e. The highest BCUT2D eigenvalue weighted by atomic mass is 35.5. The van der Waals surface area contributed by atoms with Crippen molar-refractivity contribution in [2.45, 2.75) is 108 Å². The lowest BCUT2D eigenvalue weighted by Gasteiger charge is -2.30. The number of aromatic nitrogens is 4. The quantitative estimate of drug-likeness (QED) is 0.354. The minimum absolute atomic E-state index is 0.0390. The number of carboxylic acids is 1. The van der Waals surface area contributed by atoms with Gasteiger partial charge in [-0.3, -0.25) is 9.59 Å². The molecule has 14 nitrogen and oxygen atoms in total. The molecule has 1 aromatic heterocycles. The first-order valence-electron chi connectivity index (χ1n) is 17.1. The van der Waals surface area contributed by atoms with Gasteiger partial charge in [0.1, 0.15) is 29.0 Å². The molecule has 15 heteroatoms. The molecule has 6 rings (SSSR count). The van der Waals surface area contributed by atoms with E-state index in [0.29, 0.717) is 47.5 Å². The van der Waals surface area contributed by atoms with Gasteiger partial charge in [0.15, 0.2) is 0 Å². The van der Waals surface area contributed by atoms with Crippen molar-refractivity contribution in [1.82, 2.24) is 35.7 Å². The second kappa shape index (κ2) is 14.0. The number of nitrogens with zero attached hydrogens (tertiary/aromatic N) is 5. The minimum atomic E-state index is -1.44. The third-order valence-electron chi connectivity index (χ3n) is 9.44. The van der Waals surface area contributed by atoms with Crippen LogP contribution in [0.25, 0.3) is 11.4 Å². The number of carbonyl (C=O) groups is 4. The molecule has 49 heavy (non-hydrogen) atoms. The maximum atomic E-state index is 14.2. The molecule has 0 unspecified atom stereocenters. The van der Waals surface area contributed by atoms with E-state index in [0.717, 1.165) is 32.1 Å². The molecule has 2 saturated carbocycles. The normalized spacial score (nSPS) is 28.3. The van der Waals surface area contributed by atoms with Gasteiger partial charge in [0.25, 0.3) is 0 Å². The fraction of sp³-hybridized carbons (Fsp3) is 0.618. The Labute approximate surface area is 289 Å². The summed E-state index contributed by atoms with van der Waals surface area (Å²) in [4.78, 5) is 56.2. The topological polar surface area (TPSA) is 178 Å². The van der Waals surface area contributed by atoms with E-state index in [1.54, 1.807) is 39.0 Å². The molecule has 4 aliphatic rings. The van der Waals surface area contributed by atoms with Gasteiger partial charge < -0.3 is 30.1 Å². The van der Waals surface area contributed by atoms with Gasteiger partial charge >= 0.3 is 12.1 Å². The van der Waals surface area contributed by atoms with Crippen LogP contribution in [0.4, 0.5) is 4.79 Å². The zero-order valence-electron chi connectivity index (χ0n) is 28.1. The molecule has 5 atom stereocenters. The van der Waals surface area contributed by atoms with Gasteiger partial charge in [0.05, 0.1) is 17.7 Å². The second-order valence-corrected chi connectivity index (χ2v) is 15.0. The number of hydrogen-bond donors (Lipinski definition) is 3. The number of amides is 3. The Morgan fingerprint density at radius 2 is 1.96 bits per heavy atom. The van der Waals surface area contributed by atoms with Gasteiger partial charge in [-0.15, -0.1) is 10.2 Å². The molecule has 3 fully saturated rings. The van der Waals surface area contributed by atoms with Gasteiger partial charge in [-0.25, -0.2) is 9.59 Å². The van der Waals surface area contributed by atoms with Crippen LogP contribution in [-0.2, 0) is 19.1 Å². The van der Waals surface area contributed by atoms with Crippen LogP contribution in [0.3, 0.4) is 0 Å². The molecule has 2 aliphatic heterocycles. The van der Waals surface area contributed by atoms with Gasteiger partial charge in [-0.2, -0.15) is 4.80 Å². The van der Waals surface area contributed by atoms with E-state index in [-0.39, 0.29) is 25.3 Å². The smallest absolute Gasteiger partial charge is 0.408 e. The highest BCUT2D eigenvalue weighted by Crippen LogP contribution is 2.45. The van der Waals surface area contributed by atoms with E-state index < -0.39 is 53.1 Å². The van der Waals surface area contributed by atoms with Crippen LogP contribution < -0.4 is 15.4 Å². The number of alkyl carbamates (subject to hydrolysis) is 1. The molecule has 264 valence electrons. The number of tetrazole rings is 1. The average Bonchev–Trinajstić information content (AvgIpc) is 3.87. The molecular weight excluding hydrogens is 654 g/mol. The van der Waals surface area contributed by atoms with Gasteiger partial charge in [-0.05, 0) is 88.6 Å². The molecule has 0 spiro atoms. The number of hydrogen-bond acceptors (Lipinski definition) is 9. The molecule has 3 N–H and O–H groups in total. The Balaban J connectivity index is 1.25. The number of rotatable bonds is 7. The summed E-state index contributed by atoms with van der Waals surface area (Å²) in [6.07, 6.45) is 9.13. The lowest BCUT2D eigenvalue weighted by atomic mass is 10.0. The number of ether oxygens (including phenoxy) is 2. The van der Waals surface area contributed by atoms with Crippen molar-refractivity contribution < 1.29 is 33.8 Å². The fourth-order valence-electron chi connectivity index (χ4n) is 6.44. The lowest BCUT2D eigenvalue weighted by Crippen LogP contribution is -2.56. The standard InChI is InChI=1S/C34H44ClN7O7/c1-33(2,3)49-32(47)36-25-10-8-6-4-5-7-9-22-17-34(22,31(45)46)37-29(43)26-16-23(18-41(26)30(25)44)42-39-28(38-40-42)21-13-14-27(24(35)15-21)48-19-20-11-12-20/h7,9,13-15,20,22-23,25-26H,4-6,8,10-12,16-19H2,1-3H3,(H,36,47)(H,37,43)(H,45,46)/b9-7-/t22-,23+,25-,26+,34+/m1/s1. The third-order valence-corrected chi connectivity index (χ3v) is 9.74. The number of carboxylic acid groups (broad SMARTS) is 1. The first kappa shape index (κ1) is 34.7. The molecule has 2 aliphatic carbocycles. The Morgan fingerprint density at radius 1 is 1.16 bits per heavy atom. The summed E-state index contributed by atoms with van der Waals surface area (Å²) in [5, 5.41) is 29.1. The number of halogens is 1. The van der Waals surface area contributed by atoms with Gasteiger partial charge in [0.2, 0.25) is 17.6 Å². The van der Waals surface area contributed by atoms with Gasteiger partial charge in [0, 0.05) is 24.4 Å². The Kier molecular flexibility index (Phi) is 9.88. The molecule has 1 saturated heterocycles. The number of fused-ring (bicyclic) bond motifs is 2. The number of nitrogens with one attached hydrogen (secondary N) is 2. The zero-order chi connectivity index (χ0) is 34.9. The summed E-state index contributed by atoms with van der Waals surface area (Å²) < 4.78 is 11.3. The molecular formula is C34H44ClN7O7. The maximum Gasteiger partial charge on any atom is 0.408 e. The SMILES string of the molecule is CC(C)(C)OC(=O)N[C@@H]1CCCCC/C=C\[C@@H]2C[C@]2(C(=O)O)NC(=O)[C@@H]2C[C@H](n3nnc(-c4ccc(OCC5CC5)c(Cl)c4)n3)CN2C1=O. The summed E-state index contributed by atoms with van der Waals surface area (Å²) in [6.45, 7) is 5.86. The van der Waals surface area contributed by atoms with Crippen LogP contribution in [0.1, 0.15) is 84.6 Å². The molecule has 1 aromatic carbocycles. The molecule has 0 bridgehead atoms. The van der Waals surface area contributed by atoms with Crippen molar-refractivity contribution in [1.29, 1.82) is 0 Å². The van der Waals surface area contributed by atoms with E-state index in [4.69, 9.17) is 21.1 Å². The predicted octanol–water partition coefficient (Wildman–Crippen LogP) is 4.30. The second-order valence-electron chi connectivity index (χ2n) is 14.6. The summed E-state index contributed by atoms with van der Waals surface area (Å²) in [5.41, 5.74) is -1.60. The average molecular weight is 698 g/mol. The third kappa shape index (κ3) is 8.17. The lowest BCUT2D eigenvalue weighted by molar-refractivity contribution is -0.145. The minimum Gasteiger partial charge on any atom is -0.492 e. The highest BCUT2D eigenvalue weighted by molar-refractivity contribution is 6.32. The molecule has 0 radical (unpaired) electrons. The van der Waals surface area contributed by atoms with Crippen LogP contribution in [-0.4, -0.2) is 90.5 Å². The van der Waals surface area contributed by atoms with Crippen LogP contribution in [0.15, 0.2) is 30.4 Å². The molecule has 3 heterocycles. The summed E-state index contributed by atoms with van der Waals surface area (Å²) in [5.74, 6) is -1.07. The zero-order valence-corrected chi connectivity index (χ0v) is 28.8. The van der Waals surface area contributed by atoms with Crippen molar-refractivity contribution in [2.75, 3.05) is 13.2 Å². The molecule has 2 aromatic rings. The van der Waals surface area contributed by atoms with E-state index in [1.165, 1.54) is 9.70 Å². The highest BCUT2D eigenvalue weighted by Gasteiger charge is 2.61. The van der Waals surface area contributed by atoms with Crippen molar-refractivity contribution in [3.05, 3.63) is 35.4 Å². The Hall–Kier alpha value is -4.20. The first-order chi connectivity index (χ1) is 23.3. The van der Waals surface area contributed by atoms with E-state index in [1.807, 2.05) is 12.2 Å². The summed E-state index contributed by atoms with van der Waals surface area (Å²) >= 11 is 6.49. The van der Waals surface area contributed by atoms with Crippen LogP contribution in [0.2, 0.25) is 5.02 Å². The Bertz CT molecular complexity index is 1620. The number of carbonyl (C=O) groups excluding carboxylic acids is 3. The predicted molar refractivity (Wildman–Crippen MR) is 178 cm³/mol. The van der Waals surface area contributed by atoms with Crippen LogP contribution in [0.5, 0.6) is 5.75 Å². The number of aliphatic carboxylic acids is 1. The van der Waals surface area contributed by atoms with E-state index in [9.17, 15) is 24.3 Å². The number of allylic oxidation sites excluding steroid dienone is 1. The van der Waals surface area contributed by atoms with E-state index in [2.05, 4.69) is 26.0 Å². The van der Waals surface area contributed by atoms with Crippen LogP contribution >= 0.6 is 11.6 Å². The summed E-state index contributed by atoms with van der Waals surface area (Å²) in [7, 11) is 0. The van der Waals surface area contributed by atoms with Crippen molar-refractivity contribution in [3.63, 3.8) is 0 Å². The molecule has 3 amide bonds. The van der Waals surface area contributed by atoms with Crippen LogP contribution in [0, 0.1) is 11.8 Å². The Morgan fingerprint density at radius 3 is 2.67 bits per heavy atom. The van der Waals surface area contributed by atoms with Crippen molar-refractivity contribution in [2.24, 2.45) is 11.8 Å². The van der Waals surface area contributed by atoms with E-state index >= 15 is 0 Å². The first-order valence-corrected chi connectivity index (χ1v) is 17.4. The fourth-order valence-corrected chi connectivity index (χ4v) is 6.67. The monoisotopic (exact) mass is 697 g/mol. The summed E-state index contributed by atoms with van der Waals surface area (Å²) in [6, 6.07) is 2.71. The maximum absolute atomic E-state index is 14.2. The van der Waals surface area contributed by atoms with Gasteiger partial charge in [-0.1, -0.05) is 36.6 Å². The van der Waals surface area contributed by atoms with Crippen molar-refractivity contribution in [3.8, 4) is 17.1 Å². The van der Waals surface area contributed by atoms with Crippen molar-refractivity contribution >= 4 is 35.5 Å². The number of benzene rings is 1.